The Hall–Kier alpha value is -1.49. The van der Waals surface area contributed by atoms with Crippen LogP contribution in [0.25, 0.3) is 4.91 Å². The minimum atomic E-state index is -0.398. The summed E-state index contributed by atoms with van der Waals surface area (Å²) in [5.74, 6) is -0.398. The van der Waals surface area contributed by atoms with Gasteiger partial charge in [0.05, 0.1) is 7.11 Å². The normalized spacial score (nSPS) is 21.6. The van der Waals surface area contributed by atoms with Crippen LogP contribution >= 0.6 is 10.9 Å². The van der Waals surface area contributed by atoms with Crippen LogP contribution in [0.3, 0.4) is 0 Å². The molecular formula is C11H14N2O2S. The Labute approximate surface area is 96.7 Å². The Morgan fingerprint density at radius 3 is 2.81 bits per heavy atom. The lowest BCUT2D eigenvalue weighted by Gasteiger charge is -2.15. The number of thiol groups is 1. The van der Waals surface area contributed by atoms with Gasteiger partial charge in [-0.15, -0.1) is 0 Å². The van der Waals surface area contributed by atoms with Crippen LogP contribution in [0.4, 0.5) is 0 Å². The molecule has 1 aliphatic heterocycles. The molecule has 16 heavy (non-hydrogen) atoms. The fourth-order valence-electron chi connectivity index (χ4n) is 1.62. The number of carbonyl (C=O) groups is 1. The van der Waals surface area contributed by atoms with Crippen molar-refractivity contribution in [3.63, 3.8) is 0 Å². The van der Waals surface area contributed by atoms with E-state index in [0.29, 0.717) is 5.69 Å². The Bertz CT molecular complexity index is 488. The lowest BCUT2D eigenvalue weighted by atomic mass is 10.2. The van der Waals surface area contributed by atoms with Crippen molar-refractivity contribution in [2.24, 2.45) is 0 Å². The molecule has 0 saturated carbocycles. The van der Waals surface area contributed by atoms with Crippen LogP contribution in [0.2, 0.25) is 0 Å². The standard InChI is InChI=1S/C11H14N2O2S/c1-7-4-5-9(16(7)3)8-6-12-13-10(8)11(14)15-2/h4-6,16H,1-3H3,(H,12,13). The van der Waals surface area contributed by atoms with Crippen molar-refractivity contribution >= 4 is 21.8 Å². The SMILES string of the molecule is COC(=O)c1n[nH]cc1C1=CC=C(C)[SH]1C. The Kier molecular flexibility index (Phi) is 2.87. The number of hydrogen-bond donors (Lipinski definition) is 2. The molecule has 0 saturated heterocycles. The number of methoxy groups -OCH3 is 1. The van der Waals surface area contributed by atoms with Crippen LogP contribution in [-0.4, -0.2) is 29.5 Å². The molecule has 1 atom stereocenters. The molecule has 1 aromatic rings. The number of carbonyl (C=O) groups excluding carboxylic acids is 1. The largest absolute Gasteiger partial charge is 0.464 e. The molecule has 0 radical (unpaired) electrons. The Morgan fingerprint density at radius 1 is 1.50 bits per heavy atom. The van der Waals surface area contributed by atoms with Gasteiger partial charge in [-0.3, -0.25) is 5.10 Å². The second-order valence-corrected chi connectivity index (χ2v) is 5.86. The highest BCUT2D eigenvalue weighted by atomic mass is 32.2. The number of nitrogens with zero attached hydrogens (tertiary/aromatic N) is 1. The average molecular weight is 238 g/mol. The summed E-state index contributed by atoms with van der Waals surface area (Å²) in [6.07, 6.45) is 8.07. The van der Waals surface area contributed by atoms with Gasteiger partial charge in [-0.05, 0) is 24.2 Å². The molecule has 0 amide bonds. The van der Waals surface area contributed by atoms with E-state index in [9.17, 15) is 4.79 Å². The van der Waals surface area contributed by atoms with E-state index in [4.69, 9.17) is 4.74 Å². The van der Waals surface area contributed by atoms with Crippen LogP contribution in [-0.2, 0) is 4.74 Å². The highest BCUT2D eigenvalue weighted by Crippen LogP contribution is 2.50. The van der Waals surface area contributed by atoms with Gasteiger partial charge in [0.2, 0.25) is 0 Å². The van der Waals surface area contributed by atoms with Crippen LogP contribution in [0, 0.1) is 0 Å². The topological polar surface area (TPSA) is 55.0 Å². The van der Waals surface area contributed by atoms with Crippen LogP contribution in [0.5, 0.6) is 0 Å². The Balaban J connectivity index is 2.37. The van der Waals surface area contributed by atoms with Gasteiger partial charge in [0.25, 0.3) is 0 Å². The van der Waals surface area contributed by atoms with E-state index in [1.165, 1.54) is 16.9 Å². The third kappa shape index (κ3) is 1.67. The van der Waals surface area contributed by atoms with Crippen molar-refractivity contribution < 1.29 is 9.53 Å². The third-order valence-electron chi connectivity index (χ3n) is 2.67. The summed E-state index contributed by atoms with van der Waals surface area (Å²) in [5.41, 5.74) is 1.22. The van der Waals surface area contributed by atoms with Crippen molar-refractivity contribution in [3.8, 4) is 0 Å². The van der Waals surface area contributed by atoms with Gasteiger partial charge in [-0.1, -0.05) is 6.08 Å². The quantitative estimate of drug-likeness (QED) is 0.612. The molecule has 1 aromatic heterocycles. The lowest BCUT2D eigenvalue weighted by Crippen LogP contribution is -2.04. The second kappa shape index (κ2) is 4.17. The molecule has 2 rings (SSSR count). The second-order valence-electron chi connectivity index (χ2n) is 3.56. The average Bonchev–Trinajstić information content (AvgIpc) is 2.86. The van der Waals surface area contributed by atoms with E-state index in [1.807, 2.05) is 0 Å². The van der Waals surface area contributed by atoms with Crippen LogP contribution < -0.4 is 0 Å². The highest BCUT2D eigenvalue weighted by Gasteiger charge is 2.22. The maximum absolute atomic E-state index is 11.5. The van der Waals surface area contributed by atoms with Crippen LogP contribution in [0.15, 0.2) is 23.3 Å². The molecule has 0 spiro atoms. The predicted octanol–water partition coefficient (Wildman–Crippen LogP) is 2.09. The van der Waals surface area contributed by atoms with Gasteiger partial charge in [-0.2, -0.15) is 5.10 Å². The lowest BCUT2D eigenvalue weighted by molar-refractivity contribution is 0.0593. The van der Waals surface area contributed by atoms with Gasteiger partial charge in [0, 0.05) is 16.7 Å². The molecule has 0 aromatic carbocycles. The zero-order valence-corrected chi connectivity index (χ0v) is 10.3. The molecule has 86 valence electrons. The summed E-state index contributed by atoms with van der Waals surface area (Å²) in [7, 11) is 1.03. The smallest absolute Gasteiger partial charge is 0.359 e. The van der Waals surface area contributed by atoms with Gasteiger partial charge >= 0.3 is 5.97 Å². The minimum absolute atomic E-state index is 0.332. The Morgan fingerprint density at radius 2 is 2.25 bits per heavy atom. The number of hydrogen-bond acceptors (Lipinski definition) is 3. The molecular weight excluding hydrogens is 224 g/mol. The summed E-state index contributed by atoms with van der Waals surface area (Å²) >= 11 is 0. The van der Waals surface area contributed by atoms with E-state index >= 15 is 0 Å². The summed E-state index contributed by atoms with van der Waals surface area (Å²) in [6.45, 7) is 2.10. The first kappa shape index (κ1) is 11.0. The molecule has 4 nitrogen and oxygen atoms in total. The van der Waals surface area contributed by atoms with Crippen molar-refractivity contribution in [1.82, 2.24) is 10.2 Å². The first-order chi connectivity index (χ1) is 7.65. The molecule has 2 heterocycles. The number of aromatic nitrogens is 2. The highest BCUT2D eigenvalue weighted by molar-refractivity contribution is 8.27. The fraction of sp³-hybridized carbons (Fsp3) is 0.273. The summed E-state index contributed by atoms with van der Waals surface area (Å²) in [6, 6.07) is 0. The molecule has 0 fully saturated rings. The summed E-state index contributed by atoms with van der Waals surface area (Å²) < 4.78 is 4.70. The molecule has 1 aliphatic rings. The van der Waals surface area contributed by atoms with Gasteiger partial charge < -0.3 is 4.74 Å². The summed E-state index contributed by atoms with van der Waals surface area (Å²) in [4.78, 5) is 14.0. The van der Waals surface area contributed by atoms with E-state index in [0.717, 1.165) is 5.56 Å². The number of rotatable bonds is 2. The predicted molar refractivity (Wildman–Crippen MR) is 66.6 cm³/mol. The van der Waals surface area contributed by atoms with Crippen molar-refractivity contribution in [2.45, 2.75) is 6.92 Å². The number of allylic oxidation sites excluding steroid dienone is 3. The van der Waals surface area contributed by atoms with E-state index in [1.54, 1.807) is 6.20 Å². The fourth-order valence-corrected chi connectivity index (χ4v) is 3.13. The van der Waals surface area contributed by atoms with Gasteiger partial charge in [0.15, 0.2) is 5.69 Å². The molecule has 1 unspecified atom stereocenters. The summed E-state index contributed by atoms with van der Waals surface area (Å²) in [5, 5.41) is 6.66. The van der Waals surface area contributed by atoms with Crippen molar-refractivity contribution in [1.29, 1.82) is 0 Å². The number of nitrogens with one attached hydrogen (secondary N) is 1. The minimum Gasteiger partial charge on any atom is -0.464 e. The monoisotopic (exact) mass is 238 g/mol. The van der Waals surface area contributed by atoms with E-state index in [-0.39, 0.29) is 10.9 Å². The number of ether oxygens (including phenoxy) is 1. The van der Waals surface area contributed by atoms with Gasteiger partial charge in [0.1, 0.15) is 0 Å². The maximum Gasteiger partial charge on any atom is 0.359 e. The molecule has 0 bridgehead atoms. The third-order valence-corrected chi connectivity index (χ3v) is 4.99. The van der Waals surface area contributed by atoms with Crippen LogP contribution in [0.1, 0.15) is 23.0 Å². The van der Waals surface area contributed by atoms with E-state index < -0.39 is 5.97 Å². The molecule has 0 aliphatic carbocycles. The maximum atomic E-state index is 11.5. The zero-order chi connectivity index (χ0) is 11.7. The zero-order valence-electron chi connectivity index (χ0n) is 9.44. The van der Waals surface area contributed by atoms with Crippen molar-refractivity contribution in [2.75, 3.05) is 13.4 Å². The number of esters is 1. The van der Waals surface area contributed by atoms with Crippen molar-refractivity contribution in [3.05, 3.63) is 34.5 Å². The number of H-pyrrole nitrogens is 1. The van der Waals surface area contributed by atoms with Gasteiger partial charge in [-0.25, -0.2) is 15.7 Å². The first-order valence-corrected chi connectivity index (χ1v) is 6.69. The molecule has 1 N–H and O–H groups in total. The first-order valence-electron chi connectivity index (χ1n) is 4.90. The molecule has 5 heteroatoms. The number of aromatic amines is 1. The van der Waals surface area contributed by atoms with E-state index in [2.05, 4.69) is 35.5 Å².